The summed E-state index contributed by atoms with van der Waals surface area (Å²) in [5.74, 6) is 0.512. The van der Waals surface area contributed by atoms with E-state index in [0.29, 0.717) is 17.1 Å². The van der Waals surface area contributed by atoms with Crippen molar-refractivity contribution in [2.75, 3.05) is 18.2 Å². The van der Waals surface area contributed by atoms with Gasteiger partial charge in [-0.25, -0.2) is 0 Å². The van der Waals surface area contributed by atoms with Crippen LogP contribution in [0.1, 0.15) is 6.92 Å². The minimum absolute atomic E-state index is 0.153. The molecular weight excluding hydrogens is 168 g/mol. The number of hydrogen-bond donors (Lipinski definition) is 2. The number of hydrogen-bond acceptors (Lipinski definition) is 3. The fraction of sp³-hybridized carbons (Fsp3) is 0.222. The summed E-state index contributed by atoms with van der Waals surface area (Å²) in [4.78, 5) is 10.8. The Kier molecular flexibility index (Phi) is 2.74. The van der Waals surface area contributed by atoms with Gasteiger partial charge in [0.05, 0.1) is 18.5 Å². The number of methoxy groups -OCH3 is 1. The van der Waals surface area contributed by atoms with Crippen molar-refractivity contribution in [1.82, 2.24) is 0 Å². The van der Waals surface area contributed by atoms with Gasteiger partial charge in [0.1, 0.15) is 5.75 Å². The number of ether oxygens (including phenoxy) is 1. The first kappa shape index (κ1) is 9.38. The lowest BCUT2D eigenvalue weighted by atomic mass is 10.2. The molecule has 1 rings (SSSR count). The summed E-state index contributed by atoms with van der Waals surface area (Å²) in [6.45, 7) is 1.43. The van der Waals surface area contributed by atoms with E-state index in [4.69, 9.17) is 10.5 Å². The van der Waals surface area contributed by atoms with E-state index in [2.05, 4.69) is 5.32 Å². The van der Waals surface area contributed by atoms with E-state index in [9.17, 15) is 4.79 Å². The molecule has 3 N–H and O–H groups in total. The quantitative estimate of drug-likeness (QED) is 0.673. The number of carbonyl (C=O) groups is 1. The molecule has 0 fully saturated rings. The normalized spacial score (nSPS) is 9.38. The van der Waals surface area contributed by atoms with Crippen LogP contribution in [0.25, 0.3) is 0 Å². The summed E-state index contributed by atoms with van der Waals surface area (Å²) in [6, 6.07) is 5.10. The number of nitrogens with one attached hydrogen (secondary N) is 1. The second-order valence-electron chi connectivity index (χ2n) is 2.63. The smallest absolute Gasteiger partial charge is 0.221 e. The van der Waals surface area contributed by atoms with Crippen LogP contribution in [-0.4, -0.2) is 13.0 Å². The standard InChI is InChI=1S/C9H12N2O2/c1-6(12)11-9-5-7(13-2)3-4-8(9)10/h3-5H,10H2,1-2H3,(H,11,12). The minimum atomic E-state index is -0.153. The lowest BCUT2D eigenvalue weighted by Gasteiger charge is -2.07. The summed E-state index contributed by atoms with van der Waals surface area (Å²) in [7, 11) is 1.56. The molecule has 0 atom stereocenters. The number of nitrogen functional groups attached to an aromatic ring is 1. The van der Waals surface area contributed by atoms with Gasteiger partial charge in [-0.2, -0.15) is 0 Å². The molecule has 0 unspecified atom stereocenters. The molecule has 4 nitrogen and oxygen atoms in total. The molecule has 1 amide bonds. The molecule has 70 valence electrons. The van der Waals surface area contributed by atoms with Gasteiger partial charge in [0.2, 0.25) is 5.91 Å². The minimum Gasteiger partial charge on any atom is -0.497 e. The Balaban J connectivity index is 2.96. The van der Waals surface area contributed by atoms with E-state index in [1.54, 1.807) is 25.3 Å². The van der Waals surface area contributed by atoms with E-state index in [1.165, 1.54) is 6.92 Å². The van der Waals surface area contributed by atoms with Crippen LogP contribution < -0.4 is 15.8 Å². The SMILES string of the molecule is COc1ccc(N)c(NC(C)=O)c1. The van der Waals surface area contributed by atoms with Gasteiger partial charge < -0.3 is 15.8 Å². The number of anilines is 2. The van der Waals surface area contributed by atoms with Crippen LogP contribution in [0.2, 0.25) is 0 Å². The Hall–Kier alpha value is -1.71. The van der Waals surface area contributed by atoms with Crippen LogP contribution in [0.4, 0.5) is 11.4 Å². The van der Waals surface area contributed by atoms with Crippen molar-refractivity contribution in [3.05, 3.63) is 18.2 Å². The van der Waals surface area contributed by atoms with Crippen LogP contribution in [0.3, 0.4) is 0 Å². The Morgan fingerprint density at radius 1 is 1.54 bits per heavy atom. The van der Waals surface area contributed by atoms with Gasteiger partial charge in [0.15, 0.2) is 0 Å². The molecule has 0 heterocycles. The third-order valence-corrected chi connectivity index (χ3v) is 1.57. The second-order valence-corrected chi connectivity index (χ2v) is 2.63. The molecule has 4 heteroatoms. The zero-order chi connectivity index (χ0) is 9.84. The van der Waals surface area contributed by atoms with Crippen molar-refractivity contribution in [1.29, 1.82) is 0 Å². The van der Waals surface area contributed by atoms with E-state index in [1.807, 2.05) is 0 Å². The maximum absolute atomic E-state index is 10.8. The number of nitrogens with two attached hydrogens (primary N) is 1. The Labute approximate surface area is 76.7 Å². The first-order valence-electron chi connectivity index (χ1n) is 3.84. The number of rotatable bonds is 2. The third-order valence-electron chi connectivity index (χ3n) is 1.57. The molecule has 0 spiro atoms. The maximum Gasteiger partial charge on any atom is 0.221 e. The van der Waals surface area contributed by atoms with Gasteiger partial charge in [0.25, 0.3) is 0 Å². The molecule has 1 aromatic carbocycles. The zero-order valence-electron chi connectivity index (χ0n) is 7.63. The highest BCUT2D eigenvalue weighted by atomic mass is 16.5. The first-order chi connectivity index (χ1) is 6.13. The highest BCUT2D eigenvalue weighted by Crippen LogP contribution is 2.23. The lowest BCUT2D eigenvalue weighted by molar-refractivity contribution is -0.114. The van der Waals surface area contributed by atoms with Gasteiger partial charge in [0, 0.05) is 13.0 Å². The summed E-state index contributed by atoms with van der Waals surface area (Å²) in [5, 5.41) is 2.60. The molecule has 0 radical (unpaired) electrons. The van der Waals surface area contributed by atoms with Crippen molar-refractivity contribution >= 4 is 17.3 Å². The Morgan fingerprint density at radius 2 is 2.23 bits per heavy atom. The maximum atomic E-state index is 10.8. The van der Waals surface area contributed by atoms with Crippen LogP contribution in [-0.2, 0) is 4.79 Å². The number of benzene rings is 1. The molecule has 0 saturated carbocycles. The topological polar surface area (TPSA) is 64.3 Å². The van der Waals surface area contributed by atoms with Gasteiger partial charge >= 0.3 is 0 Å². The zero-order valence-corrected chi connectivity index (χ0v) is 7.63. The number of amides is 1. The average molecular weight is 180 g/mol. The molecule has 0 aromatic heterocycles. The van der Waals surface area contributed by atoms with E-state index in [-0.39, 0.29) is 5.91 Å². The predicted octanol–water partition coefficient (Wildman–Crippen LogP) is 1.24. The molecular formula is C9H12N2O2. The lowest BCUT2D eigenvalue weighted by Crippen LogP contribution is -2.08. The molecule has 0 bridgehead atoms. The first-order valence-corrected chi connectivity index (χ1v) is 3.84. The summed E-state index contributed by atoms with van der Waals surface area (Å²) >= 11 is 0. The van der Waals surface area contributed by atoms with Gasteiger partial charge in [-0.05, 0) is 12.1 Å². The second kappa shape index (κ2) is 3.80. The fourth-order valence-electron chi connectivity index (χ4n) is 0.960. The van der Waals surface area contributed by atoms with Crippen LogP contribution in [0, 0.1) is 0 Å². The highest BCUT2D eigenvalue weighted by molar-refractivity contribution is 5.92. The van der Waals surface area contributed by atoms with Crippen molar-refractivity contribution in [3.8, 4) is 5.75 Å². The van der Waals surface area contributed by atoms with Crippen LogP contribution >= 0.6 is 0 Å². The Bertz CT molecular complexity index is 323. The third kappa shape index (κ3) is 2.37. The van der Waals surface area contributed by atoms with Crippen molar-refractivity contribution in [2.24, 2.45) is 0 Å². The van der Waals surface area contributed by atoms with Crippen molar-refractivity contribution in [3.63, 3.8) is 0 Å². The molecule has 0 aliphatic rings. The van der Waals surface area contributed by atoms with Gasteiger partial charge in [-0.1, -0.05) is 0 Å². The molecule has 0 saturated heterocycles. The average Bonchev–Trinajstić information content (AvgIpc) is 2.08. The molecule has 0 aliphatic heterocycles. The predicted molar refractivity (Wildman–Crippen MR) is 51.7 cm³/mol. The molecule has 1 aromatic rings. The summed E-state index contributed by atoms with van der Waals surface area (Å²) in [6.07, 6.45) is 0. The van der Waals surface area contributed by atoms with Crippen molar-refractivity contribution in [2.45, 2.75) is 6.92 Å². The molecule has 0 aliphatic carbocycles. The van der Waals surface area contributed by atoms with Crippen LogP contribution in [0.5, 0.6) is 5.75 Å². The summed E-state index contributed by atoms with van der Waals surface area (Å²) in [5.41, 5.74) is 6.72. The van der Waals surface area contributed by atoms with E-state index in [0.717, 1.165) is 0 Å². The molecule has 13 heavy (non-hydrogen) atoms. The largest absolute Gasteiger partial charge is 0.497 e. The van der Waals surface area contributed by atoms with Crippen molar-refractivity contribution < 1.29 is 9.53 Å². The Morgan fingerprint density at radius 3 is 2.77 bits per heavy atom. The summed E-state index contributed by atoms with van der Waals surface area (Å²) < 4.78 is 4.98. The monoisotopic (exact) mass is 180 g/mol. The fourth-order valence-corrected chi connectivity index (χ4v) is 0.960. The van der Waals surface area contributed by atoms with Gasteiger partial charge in [-0.3, -0.25) is 4.79 Å². The van der Waals surface area contributed by atoms with E-state index >= 15 is 0 Å². The van der Waals surface area contributed by atoms with Gasteiger partial charge in [-0.15, -0.1) is 0 Å². The number of carbonyl (C=O) groups excluding carboxylic acids is 1. The van der Waals surface area contributed by atoms with E-state index < -0.39 is 0 Å². The highest BCUT2D eigenvalue weighted by Gasteiger charge is 2.02. The van der Waals surface area contributed by atoms with Crippen LogP contribution in [0.15, 0.2) is 18.2 Å².